The van der Waals surface area contributed by atoms with Gasteiger partial charge in [0.1, 0.15) is 0 Å². The third-order valence-corrected chi connectivity index (χ3v) is 5.12. The molecule has 2 aromatic carbocycles. The Hall–Kier alpha value is -1.16. The number of rotatable bonds is 4. The van der Waals surface area contributed by atoms with Gasteiger partial charge < -0.3 is 5.32 Å². The number of para-hydroxylation sites is 1. The Morgan fingerprint density at radius 3 is 2.36 bits per heavy atom. The standard InChI is InChI=1S/C17H17Cl2NOS/c1-10-7-8-15(11(2)9-10)22-12(3)17(21)20-16-13(18)5-4-6-14(16)19/h4-9,12H,1-3H3,(H,20,21)/t12-/m0/s1. The topological polar surface area (TPSA) is 29.1 Å². The molecule has 0 bridgehead atoms. The number of halogens is 2. The van der Waals surface area contributed by atoms with Crippen molar-refractivity contribution < 1.29 is 4.79 Å². The fraction of sp³-hybridized carbons (Fsp3) is 0.235. The van der Waals surface area contributed by atoms with Gasteiger partial charge in [0, 0.05) is 4.90 Å². The van der Waals surface area contributed by atoms with E-state index < -0.39 is 0 Å². The molecule has 2 nitrogen and oxygen atoms in total. The molecule has 2 aromatic rings. The van der Waals surface area contributed by atoms with Crippen molar-refractivity contribution in [3.8, 4) is 0 Å². The number of aryl methyl sites for hydroxylation is 2. The molecule has 0 heterocycles. The fourth-order valence-corrected chi connectivity index (χ4v) is 3.45. The normalized spacial score (nSPS) is 12.0. The number of hydrogen-bond acceptors (Lipinski definition) is 2. The van der Waals surface area contributed by atoms with Crippen molar-refractivity contribution >= 4 is 46.6 Å². The number of carbonyl (C=O) groups is 1. The number of nitrogens with one attached hydrogen (secondary N) is 1. The largest absolute Gasteiger partial charge is 0.323 e. The lowest BCUT2D eigenvalue weighted by atomic mass is 10.2. The van der Waals surface area contributed by atoms with Gasteiger partial charge in [0.25, 0.3) is 0 Å². The van der Waals surface area contributed by atoms with E-state index in [2.05, 4.69) is 18.3 Å². The minimum atomic E-state index is -0.256. The highest BCUT2D eigenvalue weighted by atomic mass is 35.5. The van der Waals surface area contributed by atoms with Crippen LogP contribution in [0.4, 0.5) is 5.69 Å². The molecule has 5 heteroatoms. The van der Waals surface area contributed by atoms with Crippen molar-refractivity contribution in [2.45, 2.75) is 30.9 Å². The number of carbonyl (C=O) groups excluding carboxylic acids is 1. The zero-order chi connectivity index (χ0) is 16.3. The van der Waals surface area contributed by atoms with Crippen LogP contribution >= 0.6 is 35.0 Å². The maximum Gasteiger partial charge on any atom is 0.237 e. The van der Waals surface area contributed by atoms with Crippen LogP contribution in [0.5, 0.6) is 0 Å². The second kappa shape index (κ2) is 7.40. The van der Waals surface area contributed by atoms with Crippen molar-refractivity contribution in [2.75, 3.05) is 5.32 Å². The van der Waals surface area contributed by atoms with E-state index in [4.69, 9.17) is 23.2 Å². The summed E-state index contributed by atoms with van der Waals surface area (Å²) >= 11 is 13.7. The van der Waals surface area contributed by atoms with Gasteiger partial charge in [0.15, 0.2) is 0 Å². The second-order valence-corrected chi connectivity index (χ2v) is 7.31. The molecule has 0 radical (unpaired) electrons. The maximum atomic E-state index is 12.4. The first-order valence-corrected chi connectivity index (χ1v) is 8.51. The molecule has 22 heavy (non-hydrogen) atoms. The van der Waals surface area contributed by atoms with Gasteiger partial charge in [-0.1, -0.05) is 47.0 Å². The van der Waals surface area contributed by atoms with E-state index in [1.54, 1.807) is 18.2 Å². The van der Waals surface area contributed by atoms with Crippen LogP contribution in [-0.4, -0.2) is 11.2 Å². The molecule has 116 valence electrons. The van der Waals surface area contributed by atoms with Crippen molar-refractivity contribution in [2.24, 2.45) is 0 Å². The molecule has 1 atom stereocenters. The number of hydrogen-bond donors (Lipinski definition) is 1. The van der Waals surface area contributed by atoms with Crippen molar-refractivity contribution in [3.05, 3.63) is 57.6 Å². The number of benzene rings is 2. The Labute approximate surface area is 145 Å². The summed E-state index contributed by atoms with van der Waals surface area (Å²) in [5.74, 6) is -0.125. The van der Waals surface area contributed by atoms with E-state index in [1.165, 1.54) is 22.9 Å². The van der Waals surface area contributed by atoms with E-state index in [9.17, 15) is 4.79 Å². The minimum absolute atomic E-state index is 0.125. The van der Waals surface area contributed by atoms with Gasteiger partial charge in [-0.3, -0.25) is 4.79 Å². The minimum Gasteiger partial charge on any atom is -0.323 e. The molecular weight excluding hydrogens is 337 g/mol. The number of amides is 1. The molecular formula is C17H17Cl2NOS. The van der Waals surface area contributed by atoms with E-state index >= 15 is 0 Å². The van der Waals surface area contributed by atoms with Gasteiger partial charge in [-0.25, -0.2) is 0 Å². The smallest absolute Gasteiger partial charge is 0.237 e. The number of thioether (sulfide) groups is 1. The third kappa shape index (κ3) is 4.19. The van der Waals surface area contributed by atoms with Gasteiger partial charge in [0.05, 0.1) is 21.0 Å². The summed E-state index contributed by atoms with van der Waals surface area (Å²) in [6.45, 7) is 5.96. The summed E-state index contributed by atoms with van der Waals surface area (Å²) in [5, 5.41) is 3.42. The highest BCUT2D eigenvalue weighted by Crippen LogP contribution is 2.32. The molecule has 2 rings (SSSR count). The zero-order valence-corrected chi connectivity index (χ0v) is 14.9. The van der Waals surface area contributed by atoms with E-state index in [0.717, 1.165) is 4.90 Å². The Bertz CT molecular complexity index is 683. The summed E-state index contributed by atoms with van der Waals surface area (Å²) in [4.78, 5) is 13.4. The lowest BCUT2D eigenvalue weighted by Crippen LogP contribution is -2.22. The van der Waals surface area contributed by atoms with Crippen molar-refractivity contribution in [1.82, 2.24) is 0 Å². The third-order valence-electron chi connectivity index (χ3n) is 3.21. The van der Waals surface area contributed by atoms with Crippen LogP contribution in [0, 0.1) is 13.8 Å². The average Bonchev–Trinajstić information content (AvgIpc) is 2.45. The van der Waals surface area contributed by atoms with Crippen LogP contribution in [-0.2, 0) is 4.79 Å². The Balaban J connectivity index is 2.09. The first kappa shape index (κ1) is 17.2. The quantitative estimate of drug-likeness (QED) is 0.711. The van der Waals surface area contributed by atoms with Crippen LogP contribution in [0.3, 0.4) is 0 Å². The van der Waals surface area contributed by atoms with Gasteiger partial charge in [-0.15, -0.1) is 11.8 Å². The molecule has 0 aliphatic heterocycles. The first-order valence-electron chi connectivity index (χ1n) is 6.87. The molecule has 0 aliphatic carbocycles. The van der Waals surface area contributed by atoms with Crippen molar-refractivity contribution in [3.63, 3.8) is 0 Å². The van der Waals surface area contributed by atoms with Gasteiger partial charge >= 0.3 is 0 Å². The monoisotopic (exact) mass is 353 g/mol. The molecule has 0 spiro atoms. The van der Waals surface area contributed by atoms with Crippen LogP contribution in [0.25, 0.3) is 0 Å². The lowest BCUT2D eigenvalue weighted by molar-refractivity contribution is -0.115. The van der Waals surface area contributed by atoms with Gasteiger partial charge in [0.2, 0.25) is 5.91 Å². The predicted molar refractivity (Wildman–Crippen MR) is 96.3 cm³/mol. The average molecular weight is 354 g/mol. The lowest BCUT2D eigenvalue weighted by Gasteiger charge is -2.15. The number of anilines is 1. The van der Waals surface area contributed by atoms with Crippen molar-refractivity contribution in [1.29, 1.82) is 0 Å². The molecule has 0 aromatic heterocycles. The molecule has 1 amide bonds. The summed E-state index contributed by atoms with van der Waals surface area (Å²) in [6.07, 6.45) is 0. The van der Waals surface area contributed by atoms with Gasteiger partial charge in [-0.2, -0.15) is 0 Å². The van der Waals surface area contributed by atoms with E-state index in [1.807, 2.05) is 26.0 Å². The second-order valence-electron chi connectivity index (χ2n) is 5.11. The molecule has 0 aliphatic rings. The van der Waals surface area contributed by atoms with Crippen LogP contribution < -0.4 is 5.32 Å². The molecule has 0 fully saturated rings. The molecule has 0 saturated heterocycles. The summed E-state index contributed by atoms with van der Waals surface area (Å²) in [7, 11) is 0. The van der Waals surface area contributed by atoms with Crippen LogP contribution in [0.1, 0.15) is 18.1 Å². The zero-order valence-electron chi connectivity index (χ0n) is 12.6. The molecule has 0 unspecified atom stereocenters. The Morgan fingerprint density at radius 2 is 1.77 bits per heavy atom. The molecule has 1 N–H and O–H groups in total. The fourth-order valence-electron chi connectivity index (χ4n) is 2.02. The summed E-state index contributed by atoms with van der Waals surface area (Å²) in [6, 6.07) is 11.3. The Kier molecular flexibility index (Phi) is 5.79. The highest BCUT2D eigenvalue weighted by Gasteiger charge is 2.18. The highest BCUT2D eigenvalue weighted by molar-refractivity contribution is 8.00. The Morgan fingerprint density at radius 1 is 1.14 bits per heavy atom. The first-order chi connectivity index (χ1) is 10.4. The van der Waals surface area contributed by atoms with E-state index in [0.29, 0.717) is 15.7 Å². The maximum absolute atomic E-state index is 12.4. The SMILES string of the molecule is Cc1ccc(S[C@@H](C)C(=O)Nc2c(Cl)cccc2Cl)c(C)c1. The van der Waals surface area contributed by atoms with Crippen LogP contribution in [0.2, 0.25) is 10.0 Å². The van der Waals surface area contributed by atoms with E-state index in [-0.39, 0.29) is 11.2 Å². The predicted octanol–water partition coefficient (Wildman–Crippen LogP) is 5.73. The van der Waals surface area contributed by atoms with Crippen LogP contribution in [0.15, 0.2) is 41.3 Å². The summed E-state index contributed by atoms with van der Waals surface area (Å²) < 4.78 is 0. The summed E-state index contributed by atoms with van der Waals surface area (Å²) in [5.41, 5.74) is 2.84. The molecule has 0 saturated carbocycles. The van der Waals surface area contributed by atoms with Gasteiger partial charge in [-0.05, 0) is 44.5 Å².